The maximum Gasteiger partial charge on any atom is 0.505 e. The molecule has 0 radical (unpaired) electrons. The molecule has 10 heavy (non-hydrogen) atoms. The fourth-order valence-corrected chi connectivity index (χ4v) is 0. The van der Waals surface area contributed by atoms with E-state index in [9.17, 15) is 4.79 Å². The zero-order chi connectivity index (χ0) is 8.57. The Hall–Kier alpha value is -1.26. The van der Waals surface area contributed by atoms with Crippen molar-refractivity contribution in [3.63, 3.8) is 0 Å². The van der Waals surface area contributed by atoms with E-state index in [-0.39, 0.29) is 0 Å². The monoisotopic (exact) mass is 149 g/mol. The van der Waals surface area contributed by atoms with Crippen LogP contribution in [0.15, 0.2) is 0 Å². The third-order valence-electron chi connectivity index (χ3n) is 0.385. The van der Waals surface area contributed by atoms with Gasteiger partial charge in [-0.1, -0.05) is 0 Å². The van der Waals surface area contributed by atoms with Crippen molar-refractivity contribution in [1.82, 2.24) is 4.90 Å². The van der Waals surface area contributed by atoms with Crippen molar-refractivity contribution >= 4 is 12.6 Å². The predicted molar refractivity (Wildman–Crippen MR) is 34.8 cm³/mol. The molecule has 5 nitrogen and oxygen atoms in total. The summed E-state index contributed by atoms with van der Waals surface area (Å²) in [6.45, 7) is 0. The summed E-state index contributed by atoms with van der Waals surface area (Å²) in [6, 6.07) is 0. The average Bonchev–Trinajstić information content (AvgIpc) is 1.89. The first-order valence-corrected chi connectivity index (χ1v) is 2.43. The Bertz CT molecular complexity index is 102. The average molecular weight is 149 g/mol. The van der Waals surface area contributed by atoms with E-state index >= 15 is 0 Å². The highest BCUT2D eigenvalue weighted by Crippen LogP contribution is 1.60. The zero-order valence-corrected chi connectivity index (χ0v) is 6.20. The third-order valence-corrected chi connectivity index (χ3v) is 0.385. The number of hydrogen-bond donors (Lipinski definition) is 1. The van der Waals surface area contributed by atoms with Gasteiger partial charge in [0.05, 0.1) is 7.11 Å². The van der Waals surface area contributed by atoms with E-state index in [0.29, 0.717) is 0 Å². The number of amides is 1. The summed E-state index contributed by atoms with van der Waals surface area (Å²) >= 11 is 0. The number of ether oxygens (including phenoxy) is 1. The Kier molecular flexibility index (Phi) is 8.92. The molecule has 0 rings (SSSR count). The molecule has 0 aliphatic carbocycles. The molecule has 0 saturated carbocycles. The molecule has 0 aromatic heterocycles. The number of carboxylic acid groups (broad SMARTS) is 1. The van der Waals surface area contributed by atoms with Crippen LogP contribution in [-0.4, -0.2) is 43.8 Å². The summed E-state index contributed by atoms with van der Waals surface area (Å²) < 4.78 is 3.67. The van der Waals surface area contributed by atoms with Crippen molar-refractivity contribution in [2.75, 3.05) is 21.2 Å². The largest absolute Gasteiger partial charge is 0.505 e. The Morgan fingerprint density at radius 2 is 1.80 bits per heavy atom. The van der Waals surface area contributed by atoms with Crippen LogP contribution in [0.25, 0.3) is 0 Å². The maximum atomic E-state index is 9.43. The molecule has 0 heterocycles. The van der Waals surface area contributed by atoms with Crippen molar-refractivity contribution in [2.24, 2.45) is 0 Å². The van der Waals surface area contributed by atoms with Gasteiger partial charge < -0.3 is 14.7 Å². The molecular weight excluding hydrogens is 138 g/mol. The van der Waals surface area contributed by atoms with Crippen molar-refractivity contribution in [3.05, 3.63) is 0 Å². The molecule has 1 N–H and O–H groups in total. The van der Waals surface area contributed by atoms with E-state index < -0.39 is 6.16 Å². The second kappa shape index (κ2) is 7.74. The molecule has 0 saturated heterocycles. The lowest BCUT2D eigenvalue weighted by molar-refractivity contribution is -0.115. The van der Waals surface area contributed by atoms with Crippen molar-refractivity contribution in [3.8, 4) is 0 Å². The first-order valence-electron chi connectivity index (χ1n) is 2.43. The zero-order valence-electron chi connectivity index (χ0n) is 6.20. The Labute approximate surface area is 59.2 Å². The highest BCUT2D eigenvalue weighted by molar-refractivity contribution is 5.56. The highest BCUT2D eigenvalue weighted by atomic mass is 16.6. The van der Waals surface area contributed by atoms with E-state index in [1.165, 1.54) is 4.90 Å². The van der Waals surface area contributed by atoms with Crippen LogP contribution in [0.3, 0.4) is 0 Å². The van der Waals surface area contributed by atoms with Gasteiger partial charge >= 0.3 is 6.16 Å². The molecule has 60 valence electrons. The smallest absolute Gasteiger partial charge is 0.450 e. The lowest BCUT2D eigenvalue weighted by atomic mass is 11.0. The predicted octanol–water partition coefficient (Wildman–Crippen LogP) is 0.0152. The van der Waals surface area contributed by atoms with Crippen LogP contribution in [-0.2, 0) is 9.53 Å². The molecular formula is C5H11NO4. The first-order chi connectivity index (χ1) is 4.54. The normalized spacial score (nSPS) is 6.70. The lowest BCUT2D eigenvalue weighted by Gasteiger charge is -1.93. The van der Waals surface area contributed by atoms with Gasteiger partial charge in [0, 0.05) is 14.1 Å². The number of carbonyl (C=O) groups excluding carboxylic acids is 1. The summed E-state index contributed by atoms with van der Waals surface area (Å²) in [7, 11) is 4.47. The minimum Gasteiger partial charge on any atom is -0.450 e. The Morgan fingerprint density at radius 1 is 1.60 bits per heavy atom. The second-order valence-corrected chi connectivity index (χ2v) is 1.54. The van der Waals surface area contributed by atoms with Crippen LogP contribution in [0.4, 0.5) is 4.79 Å². The minimum atomic E-state index is -1.25. The second-order valence-electron chi connectivity index (χ2n) is 1.54. The highest BCUT2D eigenvalue weighted by Gasteiger charge is 1.80. The summed E-state index contributed by atoms with van der Waals surface area (Å²) in [5.41, 5.74) is 0. The third kappa shape index (κ3) is 29.6. The van der Waals surface area contributed by atoms with Crippen LogP contribution in [0.1, 0.15) is 0 Å². The van der Waals surface area contributed by atoms with E-state index in [1.807, 2.05) is 0 Å². The number of methoxy groups -OCH3 is 1. The van der Waals surface area contributed by atoms with E-state index in [1.54, 1.807) is 14.1 Å². The van der Waals surface area contributed by atoms with Gasteiger partial charge in [0.1, 0.15) is 0 Å². The molecule has 0 unspecified atom stereocenters. The van der Waals surface area contributed by atoms with Gasteiger partial charge in [0.25, 0.3) is 0 Å². The Morgan fingerprint density at radius 3 is 1.80 bits per heavy atom. The molecule has 5 heteroatoms. The standard InChI is InChI=1S/C3H7NO.C2H4O3/c1-4(2)3-5;1-5-2(3)4/h3H,1-2H3;1H3,(H,3,4). The van der Waals surface area contributed by atoms with Gasteiger partial charge in [-0.05, 0) is 0 Å². The van der Waals surface area contributed by atoms with Crippen molar-refractivity contribution < 1.29 is 19.4 Å². The van der Waals surface area contributed by atoms with Crippen LogP contribution in [0.5, 0.6) is 0 Å². The number of rotatable bonds is 1. The summed E-state index contributed by atoms with van der Waals surface area (Å²) in [4.78, 5) is 20.0. The van der Waals surface area contributed by atoms with Crippen LogP contribution in [0, 0.1) is 0 Å². The van der Waals surface area contributed by atoms with Gasteiger partial charge in [-0.3, -0.25) is 4.79 Å². The van der Waals surface area contributed by atoms with Crippen LogP contribution >= 0.6 is 0 Å². The van der Waals surface area contributed by atoms with E-state index in [2.05, 4.69) is 4.74 Å². The SMILES string of the molecule is CN(C)C=O.COC(=O)O. The fraction of sp³-hybridized carbons (Fsp3) is 0.600. The van der Waals surface area contributed by atoms with Gasteiger partial charge in [-0.2, -0.15) is 0 Å². The van der Waals surface area contributed by atoms with Gasteiger partial charge in [0.15, 0.2) is 0 Å². The molecule has 0 aromatic carbocycles. The summed E-state index contributed by atoms with van der Waals surface area (Å²) in [6.07, 6.45) is -0.495. The minimum absolute atomic E-state index is 0.750. The number of carbonyl (C=O) groups is 2. The van der Waals surface area contributed by atoms with Gasteiger partial charge in [-0.15, -0.1) is 0 Å². The van der Waals surface area contributed by atoms with Crippen molar-refractivity contribution in [1.29, 1.82) is 0 Å². The summed E-state index contributed by atoms with van der Waals surface area (Å²) in [5, 5.41) is 7.50. The summed E-state index contributed by atoms with van der Waals surface area (Å²) in [5.74, 6) is 0. The molecule has 0 aromatic rings. The molecule has 0 aliphatic heterocycles. The molecule has 1 amide bonds. The lowest BCUT2D eigenvalue weighted by Crippen LogP contribution is -2.06. The molecule has 0 spiro atoms. The molecule has 0 fully saturated rings. The fourth-order valence-electron chi connectivity index (χ4n) is 0. The quantitative estimate of drug-likeness (QED) is 0.421. The Balaban J connectivity index is 0. The van der Waals surface area contributed by atoms with Crippen LogP contribution in [0.2, 0.25) is 0 Å². The molecule has 0 atom stereocenters. The van der Waals surface area contributed by atoms with Gasteiger partial charge in [-0.25, -0.2) is 4.79 Å². The van der Waals surface area contributed by atoms with E-state index in [0.717, 1.165) is 13.5 Å². The van der Waals surface area contributed by atoms with Gasteiger partial charge in [0.2, 0.25) is 6.41 Å². The first kappa shape index (κ1) is 11.5. The molecule has 0 bridgehead atoms. The number of hydrogen-bond acceptors (Lipinski definition) is 3. The van der Waals surface area contributed by atoms with Crippen LogP contribution < -0.4 is 0 Å². The van der Waals surface area contributed by atoms with E-state index in [4.69, 9.17) is 9.90 Å². The molecule has 0 aliphatic rings. The topological polar surface area (TPSA) is 66.8 Å². The number of nitrogens with zero attached hydrogens (tertiary/aromatic N) is 1. The van der Waals surface area contributed by atoms with Crippen molar-refractivity contribution in [2.45, 2.75) is 0 Å². The maximum absolute atomic E-state index is 9.43.